The van der Waals surface area contributed by atoms with Gasteiger partial charge in [-0.25, -0.2) is 0 Å². The van der Waals surface area contributed by atoms with Gasteiger partial charge in [0, 0.05) is 0 Å². The summed E-state index contributed by atoms with van der Waals surface area (Å²) in [6.07, 6.45) is 2.88. The summed E-state index contributed by atoms with van der Waals surface area (Å²) in [5.74, 6) is 0.980. The predicted octanol–water partition coefficient (Wildman–Crippen LogP) is 3.06. The van der Waals surface area contributed by atoms with Crippen LogP contribution < -0.4 is 4.74 Å². The molecule has 0 bridgehead atoms. The summed E-state index contributed by atoms with van der Waals surface area (Å²) in [6, 6.07) is 7.43. The van der Waals surface area contributed by atoms with E-state index in [-0.39, 0.29) is 5.92 Å². The van der Waals surface area contributed by atoms with Gasteiger partial charge < -0.3 is 14.9 Å². The highest BCUT2D eigenvalue weighted by molar-refractivity contribution is 5.29. The second kappa shape index (κ2) is 6.40. The number of rotatable bonds is 7. The number of hydrogen-bond donors (Lipinski definition) is 2. The zero-order valence-corrected chi connectivity index (χ0v) is 11.7. The predicted molar refractivity (Wildman–Crippen MR) is 75.1 cm³/mol. The lowest BCUT2D eigenvalue weighted by Gasteiger charge is -2.25. The van der Waals surface area contributed by atoms with Crippen molar-refractivity contribution >= 4 is 0 Å². The highest BCUT2D eigenvalue weighted by Gasteiger charge is 2.26. The van der Waals surface area contributed by atoms with Crippen molar-refractivity contribution in [3.8, 4) is 5.75 Å². The number of hydrogen-bond acceptors (Lipinski definition) is 3. The molecule has 0 amide bonds. The third-order valence-corrected chi connectivity index (χ3v) is 3.90. The van der Waals surface area contributed by atoms with Crippen molar-refractivity contribution in [3.05, 3.63) is 29.8 Å². The highest BCUT2D eigenvalue weighted by Crippen LogP contribution is 2.29. The smallest absolute Gasteiger partial charge is 0.119 e. The van der Waals surface area contributed by atoms with Gasteiger partial charge in [-0.3, -0.25) is 0 Å². The first-order chi connectivity index (χ1) is 9.15. The van der Waals surface area contributed by atoms with Crippen LogP contribution in [0.2, 0.25) is 0 Å². The van der Waals surface area contributed by atoms with Gasteiger partial charge in [-0.2, -0.15) is 0 Å². The van der Waals surface area contributed by atoms with E-state index in [1.165, 1.54) is 0 Å². The van der Waals surface area contributed by atoms with E-state index in [9.17, 15) is 10.2 Å². The first-order valence-corrected chi connectivity index (χ1v) is 7.28. The lowest BCUT2D eigenvalue weighted by atomic mass is 9.90. The minimum absolute atomic E-state index is 0.136. The molecule has 2 N–H and O–H groups in total. The first kappa shape index (κ1) is 14.4. The van der Waals surface area contributed by atoms with Crippen LogP contribution in [0.25, 0.3) is 0 Å². The van der Waals surface area contributed by atoms with Crippen molar-refractivity contribution in [2.45, 2.75) is 57.8 Å². The minimum Gasteiger partial charge on any atom is -0.490 e. The van der Waals surface area contributed by atoms with Gasteiger partial charge in [0.2, 0.25) is 0 Å². The average Bonchev–Trinajstić information content (AvgIpc) is 3.24. The van der Waals surface area contributed by atoms with Gasteiger partial charge in [0.05, 0.1) is 12.2 Å². The SMILES string of the molecule is CCC(CC)C(O)C(O)c1ccc(OC2CC2)cc1. The summed E-state index contributed by atoms with van der Waals surface area (Å²) in [6.45, 7) is 4.08. The zero-order chi connectivity index (χ0) is 13.8. The molecule has 0 radical (unpaired) electrons. The molecule has 106 valence electrons. The fourth-order valence-corrected chi connectivity index (χ4v) is 2.35. The fourth-order valence-electron chi connectivity index (χ4n) is 2.35. The van der Waals surface area contributed by atoms with Crippen molar-refractivity contribution in [2.75, 3.05) is 0 Å². The lowest BCUT2D eigenvalue weighted by molar-refractivity contribution is -0.0209. The van der Waals surface area contributed by atoms with Crippen LogP contribution in [-0.2, 0) is 0 Å². The molecule has 2 unspecified atom stereocenters. The zero-order valence-electron chi connectivity index (χ0n) is 11.7. The molecule has 0 aliphatic heterocycles. The third-order valence-electron chi connectivity index (χ3n) is 3.90. The molecule has 3 nitrogen and oxygen atoms in total. The van der Waals surface area contributed by atoms with Crippen LogP contribution in [0.4, 0.5) is 0 Å². The van der Waals surface area contributed by atoms with Crippen molar-refractivity contribution in [2.24, 2.45) is 5.92 Å². The molecule has 0 saturated heterocycles. The molecule has 0 spiro atoms. The number of benzene rings is 1. The number of aliphatic hydroxyl groups excluding tert-OH is 2. The second-order valence-corrected chi connectivity index (χ2v) is 5.40. The normalized spacial score (nSPS) is 18.4. The van der Waals surface area contributed by atoms with Crippen molar-refractivity contribution in [1.82, 2.24) is 0 Å². The molecule has 3 heteroatoms. The molecule has 19 heavy (non-hydrogen) atoms. The Hall–Kier alpha value is -1.06. The summed E-state index contributed by atoms with van der Waals surface area (Å²) in [4.78, 5) is 0. The third kappa shape index (κ3) is 3.71. The van der Waals surface area contributed by atoms with E-state index in [0.29, 0.717) is 6.10 Å². The maximum atomic E-state index is 10.2. The Morgan fingerprint density at radius 2 is 1.68 bits per heavy atom. The Balaban J connectivity index is 1.99. The second-order valence-electron chi connectivity index (χ2n) is 5.40. The first-order valence-electron chi connectivity index (χ1n) is 7.28. The average molecular weight is 264 g/mol. The van der Waals surface area contributed by atoms with Crippen LogP contribution in [0, 0.1) is 5.92 Å². The summed E-state index contributed by atoms with van der Waals surface area (Å²) in [5, 5.41) is 20.4. The summed E-state index contributed by atoms with van der Waals surface area (Å²) < 4.78 is 5.67. The summed E-state index contributed by atoms with van der Waals surface area (Å²) >= 11 is 0. The van der Waals surface area contributed by atoms with Crippen LogP contribution in [0.15, 0.2) is 24.3 Å². The molecule has 1 saturated carbocycles. The largest absolute Gasteiger partial charge is 0.490 e. The molecule has 1 aromatic rings. The molecule has 0 aromatic heterocycles. The number of aliphatic hydroxyl groups is 2. The standard InChI is InChI=1S/C16H24O3/c1-3-11(4-2)15(17)16(18)12-5-7-13(8-6-12)19-14-9-10-14/h5-8,11,14-18H,3-4,9-10H2,1-2H3. The highest BCUT2D eigenvalue weighted by atomic mass is 16.5. The van der Waals surface area contributed by atoms with Crippen molar-refractivity contribution in [1.29, 1.82) is 0 Å². The van der Waals surface area contributed by atoms with E-state index in [2.05, 4.69) is 0 Å². The minimum atomic E-state index is -0.820. The van der Waals surface area contributed by atoms with Gasteiger partial charge in [-0.15, -0.1) is 0 Å². The van der Waals surface area contributed by atoms with Crippen LogP contribution >= 0.6 is 0 Å². The van der Waals surface area contributed by atoms with Gasteiger partial charge in [0.1, 0.15) is 11.9 Å². The molecule has 2 atom stereocenters. The molecule has 1 fully saturated rings. The van der Waals surface area contributed by atoms with Gasteiger partial charge in [0.15, 0.2) is 0 Å². The van der Waals surface area contributed by atoms with E-state index < -0.39 is 12.2 Å². The molecular formula is C16H24O3. The Bertz CT molecular complexity index is 379. The quantitative estimate of drug-likeness (QED) is 0.795. The van der Waals surface area contributed by atoms with Crippen molar-refractivity contribution < 1.29 is 14.9 Å². The topological polar surface area (TPSA) is 49.7 Å². The van der Waals surface area contributed by atoms with Crippen LogP contribution in [0.3, 0.4) is 0 Å². The monoisotopic (exact) mass is 264 g/mol. The van der Waals surface area contributed by atoms with Gasteiger partial charge in [-0.05, 0) is 36.5 Å². The van der Waals surface area contributed by atoms with Gasteiger partial charge in [0.25, 0.3) is 0 Å². The van der Waals surface area contributed by atoms with E-state index >= 15 is 0 Å². The Morgan fingerprint density at radius 3 is 2.16 bits per heavy atom. The van der Waals surface area contributed by atoms with E-state index in [4.69, 9.17) is 4.74 Å². The van der Waals surface area contributed by atoms with E-state index in [1.807, 2.05) is 38.1 Å². The molecular weight excluding hydrogens is 240 g/mol. The Morgan fingerprint density at radius 1 is 1.11 bits per heavy atom. The van der Waals surface area contributed by atoms with Gasteiger partial charge >= 0.3 is 0 Å². The van der Waals surface area contributed by atoms with Crippen molar-refractivity contribution in [3.63, 3.8) is 0 Å². The molecule has 1 aromatic carbocycles. The Labute approximate surface area is 115 Å². The molecule has 2 rings (SSSR count). The van der Waals surface area contributed by atoms with Crippen LogP contribution in [0.5, 0.6) is 5.75 Å². The molecule has 1 aliphatic rings. The maximum absolute atomic E-state index is 10.2. The Kier molecular flexibility index (Phi) is 4.83. The van der Waals surface area contributed by atoms with Crippen LogP contribution in [-0.4, -0.2) is 22.4 Å². The van der Waals surface area contributed by atoms with Crippen LogP contribution in [0.1, 0.15) is 51.2 Å². The maximum Gasteiger partial charge on any atom is 0.119 e. The summed E-state index contributed by atoms with van der Waals surface area (Å²) in [5.41, 5.74) is 0.752. The van der Waals surface area contributed by atoms with E-state index in [1.54, 1.807) is 0 Å². The molecule has 1 aliphatic carbocycles. The van der Waals surface area contributed by atoms with E-state index in [0.717, 1.165) is 37.0 Å². The fraction of sp³-hybridized carbons (Fsp3) is 0.625. The summed E-state index contributed by atoms with van der Waals surface area (Å²) in [7, 11) is 0. The van der Waals surface area contributed by atoms with Gasteiger partial charge in [-0.1, -0.05) is 38.8 Å². The molecule has 0 heterocycles. The lowest BCUT2D eigenvalue weighted by Crippen LogP contribution is -2.27. The number of ether oxygens (including phenoxy) is 1.